The zero-order valence-electron chi connectivity index (χ0n) is 15.6. The van der Waals surface area contributed by atoms with E-state index in [0.29, 0.717) is 16.9 Å². The number of amides is 1. The number of benzene rings is 2. The molecule has 2 N–H and O–H groups in total. The van der Waals surface area contributed by atoms with Crippen LogP contribution in [-0.2, 0) is 14.3 Å². The maximum absolute atomic E-state index is 12.8. The van der Waals surface area contributed by atoms with E-state index in [0.717, 1.165) is 0 Å². The molecule has 2 aromatic carbocycles. The van der Waals surface area contributed by atoms with E-state index in [-0.39, 0.29) is 30.2 Å². The number of aliphatic hydroxyl groups excluding tert-OH is 1. The molecular formula is C21H21NO6. The fourth-order valence-corrected chi connectivity index (χ4v) is 3.33. The molecule has 146 valence electrons. The number of carbonyl (C=O) groups excluding carboxylic acids is 2. The summed E-state index contributed by atoms with van der Waals surface area (Å²) in [5.41, 5.74) is 0.753. The number of carbonyl (C=O) groups is 2. The Morgan fingerprint density at radius 2 is 1.86 bits per heavy atom. The Kier molecular flexibility index (Phi) is 5.65. The van der Waals surface area contributed by atoms with E-state index in [1.54, 1.807) is 36.4 Å². The minimum atomic E-state index is -0.854. The van der Waals surface area contributed by atoms with Gasteiger partial charge in [-0.05, 0) is 29.8 Å². The van der Waals surface area contributed by atoms with Gasteiger partial charge in [-0.3, -0.25) is 9.59 Å². The Bertz CT molecular complexity index is 936. The second-order valence-electron chi connectivity index (χ2n) is 6.28. The van der Waals surface area contributed by atoms with E-state index in [2.05, 4.69) is 0 Å². The van der Waals surface area contributed by atoms with Crippen molar-refractivity contribution in [3.8, 4) is 11.5 Å². The normalized spacial score (nSPS) is 18.5. The van der Waals surface area contributed by atoms with Crippen LogP contribution in [0.2, 0.25) is 0 Å². The van der Waals surface area contributed by atoms with Gasteiger partial charge >= 0.3 is 0 Å². The molecule has 0 radical (unpaired) electrons. The Balaban J connectivity index is 2.21. The standard InChI is InChI=1S/C21H21NO6/c1-27-11-10-22-18(13-6-5-7-14(23)12-13)17(20(25)21(22)26)19(24)15-8-3-4-9-16(15)28-2/h3-9,12,18,23-24H,10-11H2,1-2H3/b19-17-. The van der Waals surface area contributed by atoms with E-state index >= 15 is 0 Å². The van der Waals surface area contributed by atoms with Gasteiger partial charge in [-0.2, -0.15) is 0 Å². The third kappa shape index (κ3) is 3.44. The zero-order valence-corrected chi connectivity index (χ0v) is 15.6. The molecule has 7 nitrogen and oxygen atoms in total. The highest BCUT2D eigenvalue weighted by molar-refractivity contribution is 6.46. The Labute approximate surface area is 162 Å². The number of phenolic OH excluding ortho intramolecular Hbond substituents is 1. The smallest absolute Gasteiger partial charge is 0.295 e. The number of ether oxygens (including phenoxy) is 2. The zero-order chi connectivity index (χ0) is 20.3. The van der Waals surface area contributed by atoms with Crippen molar-refractivity contribution in [2.75, 3.05) is 27.4 Å². The van der Waals surface area contributed by atoms with Crippen molar-refractivity contribution in [1.29, 1.82) is 0 Å². The summed E-state index contributed by atoms with van der Waals surface area (Å²) < 4.78 is 10.3. The molecule has 28 heavy (non-hydrogen) atoms. The molecule has 0 aliphatic carbocycles. The highest BCUT2D eigenvalue weighted by atomic mass is 16.5. The number of likely N-dealkylation sites (tertiary alicyclic amines) is 1. The maximum atomic E-state index is 12.8. The summed E-state index contributed by atoms with van der Waals surface area (Å²) in [7, 11) is 2.95. The second kappa shape index (κ2) is 8.14. The molecule has 2 aromatic rings. The van der Waals surface area contributed by atoms with Gasteiger partial charge < -0.3 is 24.6 Å². The predicted molar refractivity (Wildman–Crippen MR) is 102 cm³/mol. The minimum Gasteiger partial charge on any atom is -0.508 e. The number of nitrogens with zero attached hydrogens (tertiary/aromatic N) is 1. The quantitative estimate of drug-likeness (QED) is 0.452. The average Bonchev–Trinajstić information content (AvgIpc) is 2.96. The largest absolute Gasteiger partial charge is 0.508 e. The summed E-state index contributed by atoms with van der Waals surface area (Å²) in [6, 6.07) is 12.1. The van der Waals surface area contributed by atoms with Crippen LogP contribution in [0.4, 0.5) is 0 Å². The van der Waals surface area contributed by atoms with Gasteiger partial charge in [0, 0.05) is 13.7 Å². The van der Waals surface area contributed by atoms with Gasteiger partial charge in [0.25, 0.3) is 11.7 Å². The van der Waals surface area contributed by atoms with Gasteiger partial charge in [-0.25, -0.2) is 0 Å². The highest BCUT2D eigenvalue weighted by Crippen LogP contribution is 2.41. The summed E-state index contributed by atoms with van der Waals surface area (Å²) in [5.74, 6) is -1.50. The molecule has 1 heterocycles. The van der Waals surface area contributed by atoms with Gasteiger partial charge in [0.2, 0.25) is 0 Å². The summed E-state index contributed by atoms with van der Waals surface area (Å²) in [6.07, 6.45) is 0. The number of hydrogen-bond donors (Lipinski definition) is 2. The number of ketones is 1. The molecule has 1 aliphatic heterocycles. The molecule has 0 spiro atoms. The van der Waals surface area contributed by atoms with E-state index in [1.807, 2.05) is 0 Å². The summed E-state index contributed by atoms with van der Waals surface area (Å²) in [5, 5.41) is 20.9. The summed E-state index contributed by atoms with van der Waals surface area (Å²) in [6.45, 7) is 0.376. The molecule has 0 bridgehead atoms. The SMILES string of the molecule is COCCN1C(=O)C(=O)/C(=C(\O)c2ccccc2OC)C1c1cccc(O)c1. The van der Waals surface area contributed by atoms with Crippen molar-refractivity contribution in [2.24, 2.45) is 0 Å². The average molecular weight is 383 g/mol. The first-order valence-corrected chi connectivity index (χ1v) is 8.69. The number of aliphatic hydroxyl groups is 1. The van der Waals surface area contributed by atoms with Gasteiger partial charge in [-0.15, -0.1) is 0 Å². The van der Waals surface area contributed by atoms with E-state index in [1.165, 1.54) is 31.3 Å². The first kappa shape index (κ1) is 19.4. The number of Topliss-reactive ketones (excluding diaryl/α,β-unsaturated/α-hetero) is 1. The minimum absolute atomic E-state index is 0.00730. The van der Waals surface area contributed by atoms with Gasteiger partial charge in [0.15, 0.2) is 0 Å². The lowest BCUT2D eigenvalue weighted by Crippen LogP contribution is -2.32. The predicted octanol–water partition coefficient (Wildman–Crippen LogP) is 2.47. The fourth-order valence-electron chi connectivity index (χ4n) is 3.33. The lowest BCUT2D eigenvalue weighted by molar-refractivity contribution is -0.140. The monoisotopic (exact) mass is 383 g/mol. The topological polar surface area (TPSA) is 96.3 Å². The van der Waals surface area contributed by atoms with Crippen LogP contribution in [0, 0.1) is 0 Å². The first-order chi connectivity index (χ1) is 13.5. The first-order valence-electron chi connectivity index (χ1n) is 8.69. The number of rotatable bonds is 6. The van der Waals surface area contributed by atoms with E-state index in [9.17, 15) is 19.8 Å². The molecule has 0 aromatic heterocycles. The molecule has 3 rings (SSSR count). The van der Waals surface area contributed by atoms with Gasteiger partial charge in [-0.1, -0.05) is 24.3 Å². The van der Waals surface area contributed by atoms with Crippen molar-refractivity contribution in [1.82, 2.24) is 4.90 Å². The molecule has 1 aliphatic rings. The van der Waals surface area contributed by atoms with Crippen LogP contribution < -0.4 is 4.74 Å². The number of methoxy groups -OCH3 is 2. The third-order valence-corrected chi connectivity index (χ3v) is 4.62. The third-order valence-electron chi connectivity index (χ3n) is 4.62. The van der Waals surface area contributed by atoms with Crippen molar-refractivity contribution in [2.45, 2.75) is 6.04 Å². The van der Waals surface area contributed by atoms with Crippen LogP contribution in [0.5, 0.6) is 11.5 Å². The van der Waals surface area contributed by atoms with E-state index in [4.69, 9.17) is 9.47 Å². The summed E-state index contributed by atoms with van der Waals surface area (Å²) in [4.78, 5) is 26.8. The van der Waals surface area contributed by atoms with Gasteiger partial charge in [0.05, 0.1) is 30.9 Å². The molecule has 1 amide bonds. The Morgan fingerprint density at radius 1 is 1.11 bits per heavy atom. The fraction of sp³-hybridized carbons (Fsp3) is 0.238. The maximum Gasteiger partial charge on any atom is 0.295 e. The van der Waals surface area contributed by atoms with Crippen LogP contribution in [-0.4, -0.2) is 54.2 Å². The number of phenols is 1. The lowest BCUT2D eigenvalue weighted by Gasteiger charge is -2.25. The van der Waals surface area contributed by atoms with Crippen LogP contribution in [0.15, 0.2) is 54.1 Å². The molecule has 1 saturated heterocycles. The summed E-state index contributed by atoms with van der Waals surface area (Å²) >= 11 is 0. The number of para-hydroxylation sites is 1. The molecule has 1 unspecified atom stereocenters. The van der Waals surface area contributed by atoms with Crippen LogP contribution >= 0.6 is 0 Å². The van der Waals surface area contributed by atoms with Crippen LogP contribution in [0.1, 0.15) is 17.2 Å². The number of aromatic hydroxyl groups is 1. The van der Waals surface area contributed by atoms with Crippen LogP contribution in [0.25, 0.3) is 5.76 Å². The van der Waals surface area contributed by atoms with Gasteiger partial charge in [0.1, 0.15) is 17.3 Å². The van der Waals surface area contributed by atoms with E-state index < -0.39 is 17.7 Å². The lowest BCUT2D eigenvalue weighted by atomic mass is 9.95. The van der Waals surface area contributed by atoms with Crippen molar-refractivity contribution in [3.63, 3.8) is 0 Å². The van der Waals surface area contributed by atoms with Crippen molar-refractivity contribution >= 4 is 17.4 Å². The van der Waals surface area contributed by atoms with Crippen LogP contribution in [0.3, 0.4) is 0 Å². The number of hydrogen-bond acceptors (Lipinski definition) is 6. The van der Waals surface area contributed by atoms with Crippen molar-refractivity contribution in [3.05, 3.63) is 65.2 Å². The molecular weight excluding hydrogens is 362 g/mol. The molecule has 7 heteroatoms. The second-order valence-corrected chi connectivity index (χ2v) is 6.28. The molecule has 1 fully saturated rings. The molecule has 1 atom stereocenters. The highest BCUT2D eigenvalue weighted by Gasteiger charge is 2.46. The molecule has 0 saturated carbocycles. The Morgan fingerprint density at radius 3 is 2.54 bits per heavy atom. The Hall–Kier alpha value is -3.32. The van der Waals surface area contributed by atoms with Crippen molar-refractivity contribution < 1.29 is 29.3 Å².